The molecule has 1 aromatic rings. The quantitative estimate of drug-likeness (QED) is 0.626. The number of thioether (sulfide) groups is 1. The molecule has 0 atom stereocenters. The molecule has 0 unspecified atom stereocenters. The van der Waals surface area contributed by atoms with Gasteiger partial charge in [-0.2, -0.15) is 0 Å². The van der Waals surface area contributed by atoms with Crippen LogP contribution in [0.2, 0.25) is 0 Å². The van der Waals surface area contributed by atoms with Gasteiger partial charge in [-0.3, -0.25) is 0 Å². The summed E-state index contributed by atoms with van der Waals surface area (Å²) >= 11 is 1.42. The van der Waals surface area contributed by atoms with Gasteiger partial charge in [0.2, 0.25) is 0 Å². The Hall–Kier alpha value is -1.02. The third-order valence-corrected chi connectivity index (χ3v) is 5.08. The third kappa shape index (κ3) is 3.49. The van der Waals surface area contributed by atoms with Gasteiger partial charge in [-0.05, 0) is 19.1 Å². The van der Waals surface area contributed by atoms with Crippen molar-refractivity contribution in [2.75, 3.05) is 28.8 Å². The molecular weight excluding hydrogens is 272 g/mol. The fraction of sp³-hybridized carbons (Fsp3) is 0.600. The van der Waals surface area contributed by atoms with Crippen LogP contribution in [0.3, 0.4) is 0 Å². The lowest BCUT2D eigenvalue weighted by Crippen LogP contribution is -2.32. The van der Waals surface area contributed by atoms with Crippen molar-refractivity contribution >= 4 is 33.2 Å². The molecular formula is C10H16N4O2S2. The number of nitrogen functional groups attached to an aromatic ring is 1. The predicted octanol–water partition coefficient (Wildman–Crippen LogP) is 0.770. The molecule has 1 aliphatic rings. The SMILES string of the molecule is CSc1nc(N)cc(NC2CCS(=O)(=O)CC2)n1. The summed E-state index contributed by atoms with van der Waals surface area (Å²) in [6, 6.07) is 1.81. The lowest BCUT2D eigenvalue weighted by molar-refractivity contribution is 0.558. The molecule has 0 spiro atoms. The summed E-state index contributed by atoms with van der Waals surface area (Å²) in [5.41, 5.74) is 5.68. The number of anilines is 2. The highest BCUT2D eigenvalue weighted by Gasteiger charge is 2.23. The Balaban J connectivity index is 2.04. The Morgan fingerprint density at radius 3 is 2.67 bits per heavy atom. The lowest BCUT2D eigenvalue weighted by atomic mass is 10.1. The molecule has 0 aliphatic carbocycles. The van der Waals surface area contributed by atoms with Crippen molar-refractivity contribution in [3.8, 4) is 0 Å². The highest BCUT2D eigenvalue weighted by atomic mass is 32.2. The first-order chi connectivity index (χ1) is 8.48. The molecule has 1 aliphatic heterocycles. The topological polar surface area (TPSA) is 98.0 Å². The molecule has 8 heteroatoms. The van der Waals surface area contributed by atoms with Crippen LogP contribution in [-0.2, 0) is 9.84 Å². The van der Waals surface area contributed by atoms with E-state index in [9.17, 15) is 8.42 Å². The Labute approximate surface area is 111 Å². The van der Waals surface area contributed by atoms with Crippen LogP contribution < -0.4 is 11.1 Å². The maximum Gasteiger partial charge on any atom is 0.191 e. The van der Waals surface area contributed by atoms with Gasteiger partial charge in [-0.1, -0.05) is 11.8 Å². The van der Waals surface area contributed by atoms with Crippen molar-refractivity contribution in [3.63, 3.8) is 0 Å². The molecule has 1 fully saturated rings. The molecule has 3 N–H and O–H groups in total. The molecule has 0 saturated carbocycles. The summed E-state index contributed by atoms with van der Waals surface area (Å²) in [5, 5.41) is 3.84. The van der Waals surface area contributed by atoms with Crippen LogP contribution in [0.25, 0.3) is 0 Å². The van der Waals surface area contributed by atoms with Crippen LogP contribution in [0, 0.1) is 0 Å². The van der Waals surface area contributed by atoms with Gasteiger partial charge in [0.1, 0.15) is 21.5 Å². The fourth-order valence-electron chi connectivity index (χ4n) is 1.85. The molecule has 1 aromatic heterocycles. The number of sulfone groups is 1. The molecule has 1 saturated heterocycles. The largest absolute Gasteiger partial charge is 0.383 e. The van der Waals surface area contributed by atoms with Gasteiger partial charge in [0.05, 0.1) is 11.5 Å². The Kier molecular flexibility index (Phi) is 3.96. The summed E-state index contributed by atoms with van der Waals surface area (Å²) in [6.07, 6.45) is 3.10. The number of aromatic nitrogens is 2. The maximum atomic E-state index is 11.3. The molecule has 6 nitrogen and oxygen atoms in total. The summed E-state index contributed by atoms with van der Waals surface area (Å²) in [5.74, 6) is 1.55. The fourth-order valence-corrected chi connectivity index (χ4v) is 3.73. The van der Waals surface area contributed by atoms with Crippen molar-refractivity contribution in [1.29, 1.82) is 0 Å². The minimum absolute atomic E-state index is 0.137. The predicted molar refractivity (Wildman–Crippen MR) is 73.5 cm³/mol. The van der Waals surface area contributed by atoms with Gasteiger partial charge >= 0.3 is 0 Å². The summed E-state index contributed by atoms with van der Waals surface area (Å²) in [6.45, 7) is 0. The van der Waals surface area contributed by atoms with E-state index >= 15 is 0 Å². The second kappa shape index (κ2) is 5.31. The number of nitrogens with zero attached hydrogens (tertiary/aromatic N) is 2. The summed E-state index contributed by atoms with van der Waals surface area (Å²) in [4.78, 5) is 8.36. The molecule has 0 amide bonds. The minimum Gasteiger partial charge on any atom is -0.383 e. The van der Waals surface area contributed by atoms with E-state index in [-0.39, 0.29) is 17.5 Å². The van der Waals surface area contributed by atoms with E-state index in [2.05, 4.69) is 15.3 Å². The summed E-state index contributed by atoms with van der Waals surface area (Å²) < 4.78 is 22.7. The van der Waals surface area contributed by atoms with Gasteiger partial charge in [0.25, 0.3) is 0 Å². The third-order valence-electron chi connectivity index (χ3n) is 2.81. The van der Waals surface area contributed by atoms with E-state index in [4.69, 9.17) is 5.73 Å². The van der Waals surface area contributed by atoms with Crippen LogP contribution in [0.5, 0.6) is 0 Å². The Bertz CT molecular complexity index is 519. The molecule has 100 valence electrons. The summed E-state index contributed by atoms with van der Waals surface area (Å²) in [7, 11) is -2.83. The van der Waals surface area contributed by atoms with E-state index in [1.165, 1.54) is 11.8 Å². The number of hydrogen-bond donors (Lipinski definition) is 2. The average molecular weight is 288 g/mol. The van der Waals surface area contributed by atoms with Crippen molar-refractivity contribution in [3.05, 3.63) is 6.07 Å². The second-order valence-corrected chi connectivity index (χ2v) is 7.31. The second-order valence-electron chi connectivity index (χ2n) is 4.24. The first kappa shape index (κ1) is 13.4. The molecule has 2 heterocycles. The molecule has 0 aromatic carbocycles. The zero-order valence-electron chi connectivity index (χ0n) is 10.1. The zero-order chi connectivity index (χ0) is 13.2. The molecule has 0 bridgehead atoms. The van der Waals surface area contributed by atoms with E-state index in [0.29, 0.717) is 29.6 Å². The number of nitrogens with one attached hydrogen (secondary N) is 1. The monoisotopic (exact) mass is 288 g/mol. The lowest BCUT2D eigenvalue weighted by Gasteiger charge is -2.23. The Morgan fingerprint density at radius 1 is 1.39 bits per heavy atom. The van der Waals surface area contributed by atoms with E-state index in [1.54, 1.807) is 6.07 Å². The first-order valence-corrected chi connectivity index (χ1v) is 8.68. The van der Waals surface area contributed by atoms with Gasteiger partial charge < -0.3 is 11.1 Å². The van der Waals surface area contributed by atoms with Gasteiger partial charge in [-0.15, -0.1) is 0 Å². The number of hydrogen-bond acceptors (Lipinski definition) is 7. The van der Waals surface area contributed by atoms with E-state index in [0.717, 1.165) is 0 Å². The number of rotatable bonds is 3. The van der Waals surface area contributed by atoms with Crippen LogP contribution in [0.4, 0.5) is 11.6 Å². The highest BCUT2D eigenvalue weighted by Crippen LogP contribution is 2.19. The number of nitrogens with two attached hydrogens (primary N) is 1. The van der Waals surface area contributed by atoms with E-state index < -0.39 is 9.84 Å². The van der Waals surface area contributed by atoms with Gasteiger partial charge in [0, 0.05) is 12.1 Å². The van der Waals surface area contributed by atoms with Crippen LogP contribution in [-0.4, -0.2) is 42.2 Å². The van der Waals surface area contributed by atoms with Crippen molar-refractivity contribution < 1.29 is 8.42 Å². The van der Waals surface area contributed by atoms with Gasteiger partial charge in [-0.25, -0.2) is 18.4 Å². The van der Waals surface area contributed by atoms with E-state index in [1.807, 2.05) is 6.26 Å². The van der Waals surface area contributed by atoms with Gasteiger partial charge in [0.15, 0.2) is 5.16 Å². The average Bonchev–Trinajstić information content (AvgIpc) is 2.31. The highest BCUT2D eigenvalue weighted by molar-refractivity contribution is 7.98. The minimum atomic E-state index is -2.83. The molecule has 2 rings (SSSR count). The Morgan fingerprint density at radius 2 is 2.06 bits per heavy atom. The van der Waals surface area contributed by atoms with Crippen LogP contribution >= 0.6 is 11.8 Å². The molecule has 18 heavy (non-hydrogen) atoms. The normalized spacial score (nSPS) is 19.6. The smallest absolute Gasteiger partial charge is 0.191 e. The van der Waals surface area contributed by atoms with Crippen molar-refractivity contribution in [2.24, 2.45) is 0 Å². The van der Waals surface area contributed by atoms with Crippen molar-refractivity contribution in [2.45, 2.75) is 24.0 Å². The van der Waals surface area contributed by atoms with Crippen molar-refractivity contribution in [1.82, 2.24) is 9.97 Å². The van der Waals surface area contributed by atoms with Crippen LogP contribution in [0.1, 0.15) is 12.8 Å². The van der Waals surface area contributed by atoms with Crippen LogP contribution in [0.15, 0.2) is 11.2 Å². The standard InChI is InChI=1S/C10H16N4O2S2/c1-17-10-13-8(11)6-9(14-10)12-7-2-4-18(15,16)5-3-7/h6-7H,2-5H2,1H3,(H3,11,12,13,14). The molecule has 0 radical (unpaired) electrons. The zero-order valence-corrected chi connectivity index (χ0v) is 11.7. The first-order valence-electron chi connectivity index (χ1n) is 5.64. The maximum absolute atomic E-state index is 11.3.